The Morgan fingerprint density at radius 2 is 1.95 bits per heavy atom. The van der Waals surface area contributed by atoms with Gasteiger partial charge in [-0.25, -0.2) is 0 Å². The van der Waals surface area contributed by atoms with Crippen molar-refractivity contribution in [2.45, 2.75) is 64.6 Å². The number of carbonyl (C=O) groups is 2. The van der Waals surface area contributed by atoms with Gasteiger partial charge in [-0.15, -0.1) is 0 Å². The van der Waals surface area contributed by atoms with E-state index in [1.54, 1.807) is 7.11 Å². The summed E-state index contributed by atoms with van der Waals surface area (Å²) in [7, 11) is 1.65. The molecule has 0 aromatic rings. The van der Waals surface area contributed by atoms with Crippen LogP contribution in [0.5, 0.6) is 0 Å². The number of hydrogen-bond acceptors (Lipinski definition) is 3. The predicted molar refractivity (Wildman–Crippen MR) is 80.8 cm³/mol. The van der Waals surface area contributed by atoms with Gasteiger partial charge in [-0.05, 0) is 31.6 Å². The highest BCUT2D eigenvalue weighted by atomic mass is 16.5. The van der Waals surface area contributed by atoms with E-state index in [1.807, 2.05) is 30.6 Å². The van der Waals surface area contributed by atoms with Gasteiger partial charge in [0.25, 0.3) is 0 Å². The number of fused-ring (bicyclic) bond motifs is 1. The molecular weight excluding hydrogens is 268 g/mol. The van der Waals surface area contributed by atoms with E-state index >= 15 is 0 Å². The predicted octanol–water partition coefficient (Wildman–Crippen LogP) is 1.66. The molecule has 3 unspecified atom stereocenters. The van der Waals surface area contributed by atoms with Crippen LogP contribution < -0.4 is 0 Å². The molecule has 2 heterocycles. The quantitative estimate of drug-likeness (QED) is 0.775. The van der Waals surface area contributed by atoms with Gasteiger partial charge in [-0.3, -0.25) is 9.59 Å². The van der Waals surface area contributed by atoms with Crippen molar-refractivity contribution in [2.75, 3.05) is 20.3 Å². The molecule has 0 spiro atoms. The van der Waals surface area contributed by atoms with Crippen LogP contribution in [0, 0.1) is 5.92 Å². The zero-order valence-electron chi connectivity index (χ0n) is 13.7. The maximum Gasteiger partial charge on any atom is 0.246 e. The van der Waals surface area contributed by atoms with Crippen LogP contribution in [0.15, 0.2) is 0 Å². The number of piperidine rings is 1. The van der Waals surface area contributed by atoms with E-state index in [0.29, 0.717) is 6.61 Å². The van der Waals surface area contributed by atoms with Crippen molar-refractivity contribution >= 4 is 11.8 Å². The smallest absolute Gasteiger partial charge is 0.246 e. The van der Waals surface area contributed by atoms with Crippen molar-refractivity contribution in [1.29, 1.82) is 0 Å². The lowest BCUT2D eigenvalue weighted by atomic mass is 9.89. The van der Waals surface area contributed by atoms with Crippen LogP contribution in [0.1, 0.15) is 46.5 Å². The summed E-state index contributed by atoms with van der Waals surface area (Å²) >= 11 is 0. The second-order valence-electron chi connectivity index (χ2n) is 6.49. The minimum atomic E-state index is -0.341. The van der Waals surface area contributed by atoms with Crippen LogP contribution in [-0.4, -0.2) is 60.0 Å². The molecule has 3 atom stereocenters. The van der Waals surface area contributed by atoms with Crippen LogP contribution in [0.4, 0.5) is 0 Å². The number of hydrogen-bond donors (Lipinski definition) is 0. The molecule has 0 saturated carbocycles. The third kappa shape index (κ3) is 2.93. The average molecular weight is 296 g/mol. The van der Waals surface area contributed by atoms with Gasteiger partial charge in [0.1, 0.15) is 12.1 Å². The van der Waals surface area contributed by atoms with E-state index in [9.17, 15) is 9.59 Å². The zero-order valence-corrected chi connectivity index (χ0v) is 13.7. The Balaban J connectivity index is 2.34. The average Bonchev–Trinajstić information content (AvgIpc) is 2.48. The molecule has 2 amide bonds. The molecule has 0 aliphatic carbocycles. The van der Waals surface area contributed by atoms with E-state index in [2.05, 4.69) is 0 Å². The van der Waals surface area contributed by atoms with Gasteiger partial charge in [0.05, 0.1) is 12.6 Å². The van der Waals surface area contributed by atoms with Crippen LogP contribution in [0.2, 0.25) is 0 Å². The number of rotatable bonds is 5. The number of methoxy groups -OCH3 is 1. The number of amides is 2. The molecule has 0 N–H and O–H groups in total. The summed E-state index contributed by atoms with van der Waals surface area (Å²) < 4.78 is 5.28. The third-order valence-corrected chi connectivity index (χ3v) is 4.73. The molecule has 2 saturated heterocycles. The van der Waals surface area contributed by atoms with Gasteiger partial charge in [0.2, 0.25) is 11.8 Å². The fraction of sp³-hybridized carbons (Fsp3) is 0.875. The fourth-order valence-corrected chi connectivity index (χ4v) is 3.65. The summed E-state index contributed by atoms with van der Waals surface area (Å²) in [6.07, 6.45) is 3.65. The second-order valence-corrected chi connectivity index (χ2v) is 6.49. The Bertz CT molecular complexity index is 397. The molecule has 5 heteroatoms. The van der Waals surface area contributed by atoms with E-state index in [0.717, 1.165) is 32.2 Å². The molecule has 2 aliphatic heterocycles. The summed E-state index contributed by atoms with van der Waals surface area (Å²) in [5.74, 6) is 0.371. The maximum atomic E-state index is 13.0. The number of nitrogens with zero attached hydrogens (tertiary/aromatic N) is 2. The number of carbonyl (C=O) groups excluding carboxylic acids is 2. The van der Waals surface area contributed by atoms with Gasteiger partial charge >= 0.3 is 0 Å². The summed E-state index contributed by atoms with van der Waals surface area (Å²) in [6.45, 7) is 7.31. The van der Waals surface area contributed by atoms with Gasteiger partial charge in [-0.1, -0.05) is 20.8 Å². The largest absolute Gasteiger partial charge is 0.383 e. The zero-order chi connectivity index (χ0) is 15.6. The molecule has 2 fully saturated rings. The molecule has 0 aromatic carbocycles. The van der Waals surface area contributed by atoms with Crippen molar-refractivity contribution < 1.29 is 14.3 Å². The van der Waals surface area contributed by atoms with E-state index in [4.69, 9.17) is 4.74 Å². The van der Waals surface area contributed by atoms with Crippen molar-refractivity contribution in [3.05, 3.63) is 0 Å². The van der Waals surface area contributed by atoms with Crippen LogP contribution in [0.3, 0.4) is 0 Å². The summed E-state index contributed by atoms with van der Waals surface area (Å²) in [4.78, 5) is 29.5. The highest BCUT2D eigenvalue weighted by Crippen LogP contribution is 2.31. The SMILES string of the molecule is CCC(COC)N1C(=O)C2CCCCN2C(=O)C1C(C)C. The Morgan fingerprint density at radius 3 is 2.52 bits per heavy atom. The van der Waals surface area contributed by atoms with Gasteiger partial charge in [0.15, 0.2) is 0 Å². The third-order valence-electron chi connectivity index (χ3n) is 4.73. The van der Waals surface area contributed by atoms with Crippen LogP contribution in [0.25, 0.3) is 0 Å². The molecule has 0 aromatic heterocycles. The summed E-state index contributed by atoms with van der Waals surface area (Å²) in [6, 6.07) is -0.595. The first kappa shape index (κ1) is 16.3. The molecule has 2 aliphatic rings. The van der Waals surface area contributed by atoms with E-state index in [-0.39, 0.29) is 35.9 Å². The summed E-state index contributed by atoms with van der Waals surface area (Å²) in [5, 5.41) is 0. The maximum absolute atomic E-state index is 13.0. The first-order chi connectivity index (χ1) is 10.0. The molecule has 0 radical (unpaired) electrons. The lowest BCUT2D eigenvalue weighted by Gasteiger charge is -2.50. The topological polar surface area (TPSA) is 49.9 Å². The highest BCUT2D eigenvalue weighted by Gasteiger charge is 2.49. The minimum Gasteiger partial charge on any atom is -0.383 e. The van der Waals surface area contributed by atoms with Crippen LogP contribution in [-0.2, 0) is 14.3 Å². The van der Waals surface area contributed by atoms with E-state index in [1.165, 1.54) is 0 Å². The van der Waals surface area contributed by atoms with Gasteiger partial charge in [0, 0.05) is 13.7 Å². The standard InChI is InChI=1S/C16H28N2O3/c1-5-12(10-21-4)18-14(11(2)3)16(20)17-9-7-6-8-13(17)15(18)19/h11-14H,5-10H2,1-4H3. The number of ether oxygens (including phenoxy) is 1. The minimum absolute atomic E-state index is 0.0112. The van der Waals surface area contributed by atoms with Gasteiger partial charge < -0.3 is 14.5 Å². The first-order valence-corrected chi connectivity index (χ1v) is 8.14. The fourth-order valence-electron chi connectivity index (χ4n) is 3.65. The van der Waals surface area contributed by atoms with Crippen molar-refractivity contribution in [3.8, 4) is 0 Å². The Labute approximate surface area is 127 Å². The Morgan fingerprint density at radius 1 is 1.24 bits per heavy atom. The van der Waals surface area contributed by atoms with Crippen molar-refractivity contribution in [1.82, 2.24) is 9.80 Å². The molecule has 2 rings (SSSR count). The molecule has 0 bridgehead atoms. The normalized spacial score (nSPS) is 28.0. The van der Waals surface area contributed by atoms with E-state index < -0.39 is 0 Å². The monoisotopic (exact) mass is 296 g/mol. The Hall–Kier alpha value is -1.10. The highest BCUT2D eigenvalue weighted by molar-refractivity contribution is 5.97. The Kier molecular flexibility index (Phi) is 5.25. The lowest BCUT2D eigenvalue weighted by molar-refractivity contribution is -0.170. The van der Waals surface area contributed by atoms with Gasteiger partial charge in [-0.2, -0.15) is 0 Å². The lowest BCUT2D eigenvalue weighted by Crippen LogP contribution is -2.69. The molecule has 5 nitrogen and oxygen atoms in total. The number of piperazine rings is 1. The molecule has 120 valence electrons. The van der Waals surface area contributed by atoms with Crippen molar-refractivity contribution in [3.63, 3.8) is 0 Å². The molecular formula is C16H28N2O3. The second kappa shape index (κ2) is 6.77. The molecule has 21 heavy (non-hydrogen) atoms. The first-order valence-electron chi connectivity index (χ1n) is 8.14. The van der Waals surface area contributed by atoms with Crippen molar-refractivity contribution in [2.24, 2.45) is 5.92 Å². The summed E-state index contributed by atoms with van der Waals surface area (Å²) in [5.41, 5.74) is 0. The van der Waals surface area contributed by atoms with Crippen LogP contribution >= 0.6 is 0 Å².